The van der Waals surface area contributed by atoms with Gasteiger partial charge >= 0.3 is 0 Å². The minimum atomic E-state index is 0. The minimum absolute atomic E-state index is 0. The molecule has 1 radical (unpaired) electrons. The van der Waals surface area contributed by atoms with Crippen LogP contribution >= 0.6 is 0 Å². The summed E-state index contributed by atoms with van der Waals surface area (Å²) in [5.41, 5.74) is 0. The molecule has 39 valence electrons. The Balaban J connectivity index is 0.000000360. The van der Waals surface area contributed by atoms with Gasteiger partial charge in [-0.25, -0.2) is 0 Å². The summed E-state index contributed by atoms with van der Waals surface area (Å²) in [4.78, 5) is 3.78. The quantitative estimate of drug-likeness (QED) is 0.659. The van der Waals surface area contributed by atoms with Gasteiger partial charge in [-0.2, -0.15) is 0 Å². The molecule has 0 aliphatic rings. The van der Waals surface area contributed by atoms with E-state index in [1.165, 1.54) is 0 Å². The summed E-state index contributed by atoms with van der Waals surface area (Å²) in [6.07, 6.45) is 3.50. The van der Waals surface area contributed by atoms with E-state index in [2.05, 4.69) is 4.98 Å². The summed E-state index contributed by atoms with van der Waals surface area (Å²) in [5.74, 6) is 0. The van der Waals surface area contributed by atoms with Crippen LogP contribution in [0.15, 0.2) is 30.6 Å². The van der Waals surface area contributed by atoms with Gasteiger partial charge in [-0.05, 0) is 12.1 Å². The van der Waals surface area contributed by atoms with Crippen LogP contribution in [0.5, 0.6) is 0 Å². The molecule has 1 aromatic heterocycles. The zero-order valence-corrected chi connectivity index (χ0v) is 5.81. The zero-order chi connectivity index (χ0) is 4.24. The van der Waals surface area contributed by atoms with Crippen molar-refractivity contribution in [2.75, 3.05) is 0 Å². The summed E-state index contributed by atoms with van der Waals surface area (Å²) in [6, 6.07) is 5.72. The largest absolute Gasteiger partial charge is 0.265 e. The summed E-state index contributed by atoms with van der Waals surface area (Å²) in [6.45, 7) is 0. The van der Waals surface area contributed by atoms with Crippen LogP contribution in [0, 0.1) is 38.6 Å². The minimum Gasteiger partial charge on any atom is -0.265 e. The van der Waals surface area contributed by atoms with Crippen LogP contribution in [-0.4, -0.2) is 4.98 Å². The van der Waals surface area contributed by atoms with Crippen LogP contribution < -0.4 is 0 Å². The van der Waals surface area contributed by atoms with Crippen molar-refractivity contribution >= 4 is 0 Å². The molecular formula is C5H5NTb. The van der Waals surface area contributed by atoms with Crippen LogP contribution in [0.1, 0.15) is 0 Å². The van der Waals surface area contributed by atoms with E-state index < -0.39 is 0 Å². The second kappa shape index (κ2) is 4.59. The predicted molar refractivity (Wildman–Crippen MR) is 24.2 cm³/mol. The molecule has 0 aliphatic heterocycles. The fourth-order valence-electron chi connectivity index (χ4n) is 0.313. The van der Waals surface area contributed by atoms with Gasteiger partial charge < -0.3 is 0 Å². The molecule has 0 saturated carbocycles. The molecule has 1 rings (SSSR count). The number of hydrogen-bond acceptors (Lipinski definition) is 1. The Morgan fingerprint density at radius 3 is 1.57 bits per heavy atom. The SMILES string of the molecule is [Tb].c1ccncc1. The number of rotatable bonds is 0. The normalized spacial score (nSPS) is 6.86. The van der Waals surface area contributed by atoms with Crippen molar-refractivity contribution < 1.29 is 38.6 Å². The van der Waals surface area contributed by atoms with Gasteiger partial charge in [0.2, 0.25) is 0 Å². The van der Waals surface area contributed by atoms with Gasteiger partial charge in [-0.3, -0.25) is 4.98 Å². The van der Waals surface area contributed by atoms with Gasteiger partial charge in [0.05, 0.1) is 0 Å². The Kier molecular flexibility index (Phi) is 4.88. The second-order valence-electron chi connectivity index (χ2n) is 1.02. The van der Waals surface area contributed by atoms with E-state index in [0.717, 1.165) is 0 Å². The van der Waals surface area contributed by atoms with Crippen LogP contribution in [0.3, 0.4) is 0 Å². The number of hydrogen-bond donors (Lipinski definition) is 0. The van der Waals surface area contributed by atoms with E-state index in [1.807, 2.05) is 18.2 Å². The molecule has 1 heterocycles. The van der Waals surface area contributed by atoms with Crippen molar-refractivity contribution in [3.05, 3.63) is 30.6 Å². The van der Waals surface area contributed by atoms with Gasteiger partial charge in [-0.1, -0.05) is 6.07 Å². The summed E-state index contributed by atoms with van der Waals surface area (Å²) in [7, 11) is 0. The molecule has 0 amide bonds. The Morgan fingerprint density at radius 2 is 1.43 bits per heavy atom. The van der Waals surface area contributed by atoms with E-state index in [4.69, 9.17) is 0 Å². The van der Waals surface area contributed by atoms with Crippen LogP contribution in [0.4, 0.5) is 0 Å². The van der Waals surface area contributed by atoms with E-state index >= 15 is 0 Å². The molecule has 0 N–H and O–H groups in total. The fourth-order valence-corrected chi connectivity index (χ4v) is 0.313. The first kappa shape index (κ1) is 7.44. The number of nitrogens with zero attached hydrogens (tertiary/aromatic N) is 1. The third kappa shape index (κ3) is 3.06. The first-order chi connectivity index (χ1) is 3.00. The molecule has 0 fully saturated rings. The number of aromatic nitrogens is 1. The molecule has 0 aliphatic carbocycles. The summed E-state index contributed by atoms with van der Waals surface area (Å²) < 4.78 is 0. The monoisotopic (exact) mass is 238 g/mol. The summed E-state index contributed by atoms with van der Waals surface area (Å²) >= 11 is 0. The molecule has 1 nitrogen and oxygen atoms in total. The average molecular weight is 238 g/mol. The van der Waals surface area contributed by atoms with Gasteiger partial charge in [0, 0.05) is 51.0 Å². The Morgan fingerprint density at radius 1 is 0.857 bits per heavy atom. The smallest absolute Gasteiger partial charge is 0.0267 e. The molecule has 0 bridgehead atoms. The topological polar surface area (TPSA) is 12.9 Å². The maximum atomic E-state index is 3.78. The number of pyridine rings is 1. The Hall–Kier alpha value is 0.436. The molecular weight excluding hydrogens is 233 g/mol. The third-order valence-corrected chi connectivity index (χ3v) is 0.566. The molecule has 0 saturated heterocycles. The predicted octanol–water partition coefficient (Wildman–Crippen LogP) is 1.08. The van der Waals surface area contributed by atoms with Gasteiger partial charge in [0.25, 0.3) is 0 Å². The van der Waals surface area contributed by atoms with Crippen molar-refractivity contribution in [2.45, 2.75) is 0 Å². The Labute approximate surface area is 73.6 Å². The molecule has 0 unspecified atom stereocenters. The third-order valence-electron chi connectivity index (χ3n) is 0.566. The molecule has 1 aromatic rings. The molecule has 2 heteroatoms. The Bertz CT molecular complexity index is 80.0. The molecule has 0 atom stereocenters. The zero-order valence-electron chi connectivity index (χ0n) is 3.67. The van der Waals surface area contributed by atoms with Crippen molar-refractivity contribution in [2.24, 2.45) is 0 Å². The van der Waals surface area contributed by atoms with Crippen LogP contribution in [0.25, 0.3) is 0 Å². The van der Waals surface area contributed by atoms with E-state index in [0.29, 0.717) is 0 Å². The first-order valence-corrected chi connectivity index (χ1v) is 1.85. The van der Waals surface area contributed by atoms with Crippen molar-refractivity contribution in [3.8, 4) is 0 Å². The molecule has 7 heavy (non-hydrogen) atoms. The maximum Gasteiger partial charge on any atom is 0.0267 e. The summed E-state index contributed by atoms with van der Waals surface area (Å²) in [5, 5.41) is 0. The van der Waals surface area contributed by atoms with Crippen LogP contribution in [-0.2, 0) is 0 Å². The molecule has 0 aromatic carbocycles. The average Bonchev–Trinajstić information content (AvgIpc) is 1.72. The van der Waals surface area contributed by atoms with E-state index in [9.17, 15) is 0 Å². The van der Waals surface area contributed by atoms with Crippen LogP contribution in [0.2, 0.25) is 0 Å². The first-order valence-electron chi connectivity index (χ1n) is 1.85. The molecule has 0 spiro atoms. The fraction of sp³-hybridized carbons (Fsp3) is 0. The van der Waals surface area contributed by atoms with Crippen molar-refractivity contribution in [3.63, 3.8) is 0 Å². The van der Waals surface area contributed by atoms with Gasteiger partial charge in [0.1, 0.15) is 0 Å². The second-order valence-corrected chi connectivity index (χ2v) is 1.02. The van der Waals surface area contributed by atoms with Gasteiger partial charge in [0.15, 0.2) is 0 Å². The standard InChI is InChI=1S/C5H5N.Tb/c1-2-4-6-5-3-1;/h1-5H;. The van der Waals surface area contributed by atoms with E-state index in [-0.39, 0.29) is 38.6 Å². The van der Waals surface area contributed by atoms with Crippen molar-refractivity contribution in [1.29, 1.82) is 0 Å². The maximum absolute atomic E-state index is 3.78. The van der Waals surface area contributed by atoms with Crippen molar-refractivity contribution in [1.82, 2.24) is 4.98 Å². The van der Waals surface area contributed by atoms with E-state index in [1.54, 1.807) is 12.4 Å². The van der Waals surface area contributed by atoms with Gasteiger partial charge in [-0.15, -0.1) is 0 Å².